The number of aliphatic hydroxyl groups excluding tert-OH is 1. The molecule has 0 unspecified atom stereocenters. The van der Waals surface area contributed by atoms with Gasteiger partial charge in [-0.2, -0.15) is 0 Å². The highest BCUT2D eigenvalue weighted by atomic mass is 16.5. The van der Waals surface area contributed by atoms with E-state index in [0.29, 0.717) is 19.3 Å². The molecule has 2 aromatic carbocycles. The highest BCUT2D eigenvalue weighted by Crippen LogP contribution is 2.20. The van der Waals surface area contributed by atoms with Gasteiger partial charge in [-0.3, -0.25) is 14.4 Å². The van der Waals surface area contributed by atoms with Crippen LogP contribution >= 0.6 is 0 Å². The van der Waals surface area contributed by atoms with Crippen LogP contribution in [0.5, 0.6) is 0 Å². The number of ether oxygens (including phenoxy) is 1. The fourth-order valence-corrected chi connectivity index (χ4v) is 3.93. The molecule has 0 heterocycles. The molecule has 37 heavy (non-hydrogen) atoms. The third-order valence-electron chi connectivity index (χ3n) is 5.96. The Kier molecular flexibility index (Phi) is 12.9. The minimum absolute atomic E-state index is 0.0500. The SMILES string of the molecule is C=CC[C@H](CC(=O)N[C@@H](C)CO)C(=O)N[C@@H](COC(=O)[C@H](CC=C)Cc1ccccc1)c1ccccc1. The molecule has 0 saturated carbocycles. The number of allylic oxidation sites excluding steroid dienone is 2. The van der Waals surface area contributed by atoms with Gasteiger partial charge in [0, 0.05) is 12.5 Å². The molecule has 0 radical (unpaired) electrons. The van der Waals surface area contributed by atoms with Crippen molar-refractivity contribution in [2.24, 2.45) is 11.8 Å². The highest BCUT2D eigenvalue weighted by Gasteiger charge is 2.26. The van der Waals surface area contributed by atoms with E-state index in [1.54, 1.807) is 19.1 Å². The Labute approximate surface area is 219 Å². The first-order valence-electron chi connectivity index (χ1n) is 12.6. The first-order chi connectivity index (χ1) is 17.9. The van der Waals surface area contributed by atoms with Crippen molar-refractivity contribution < 1.29 is 24.2 Å². The maximum atomic E-state index is 13.2. The van der Waals surface area contributed by atoms with E-state index in [9.17, 15) is 19.5 Å². The van der Waals surface area contributed by atoms with E-state index in [4.69, 9.17) is 4.74 Å². The smallest absolute Gasteiger partial charge is 0.309 e. The maximum Gasteiger partial charge on any atom is 0.309 e. The summed E-state index contributed by atoms with van der Waals surface area (Å²) in [6, 6.07) is 18.0. The standard InChI is InChI=1S/C30H38N2O5/c1-4-12-25(19-28(34)31-22(3)20-33)29(35)32-27(24-16-10-7-11-17-24)21-37-30(36)26(13-5-2)18-23-14-8-6-9-15-23/h4-11,14-17,22,25-27,33H,1-2,12-13,18-21H2,3H3,(H,31,34)(H,32,35)/t22-,25+,26+,27-/m0/s1. The van der Waals surface area contributed by atoms with E-state index in [2.05, 4.69) is 23.8 Å². The van der Waals surface area contributed by atoms with Crippen LogP contribution < -0.4 is 10.6 Å². The molecule has 2 aromatic rings. The van der Waals surface area contributed by atoms with Gasteiger partial charge in [-0.05, 0) is 37.3 Å². The Morgan fingerprint density at radius 1 is 0.919 bits per heavy atom. The topological polar surface area (TPSA) is 105 Å². The normalized spacial score (nSPS) is 13.9. The van der Waals surface area contributed by atoms with Crippen LogP contribution in [-0.4, -0.2) is 42.1 Å². The molecule has 2 rings (SSSR count). The fourth-order valence-electron chi connectivity index (χ4n) is 3.93. The third kappa shape index (κ3) is 10.4. The van der Waals surface area contributed by atoms with E-state index in [-0.39, 0.29) is 37.4 Å². The van der Waals surface area contributed by atoms with Gasteiger partial charge in [0.1, 0.15) is 6.61 Å². The minimum atomic E-state index is -0.656. The van der Waals surface area contributed by atoms with Gasteiger partial charge in [-0.15, -0.1) is 13.2 Å². The number of esters is 1. The third-order valence-corrected chi connectivity index (χ3v) is 5.96. The summed E-state index contributed by atoms with van der Waals surface area (Å²) in [5.74, 6) is -2.09. The van der Waals surface area contributed by atoms with Gasteiger partial charge in [-0.25, -0.2) is 0 Å². The summed E-state index contributed by atoms with van der Waals surface area (Å²) in [5.41, 5.74) is 1.81. The van der Waals surface area contributed by atoms with Crippen LogP contribution in [0.2, 0.25) is 0 Å². The van der Waals surface area contributed by atoms with Gasteiger partial charge in [-0.1, -0.05) is 72.8 Å². The molecular formula is C30H38N2O5. The van der Waals surface area contributed by atoms with E-state index in [0.717, 1.165) is 11.1 Å². The second-order valence-electron chi connectivity index (χ2n) is 9.09. The van der Waals surface area contributed by atoms with Crippen LogP contribution in [0.25, 0.3) is 0 Å². The Morgan fingerprint density at radius 2 is 1.51 bits per heavy atom. The van der Waals surface area contributed by atoms with Crippen molar-refractivity contribution >= 4 is 17.8 Å². The van der Waals surface area contributed by atoms with Crippen LogP contribution in [0, 0.1) is 11.8 Å². The molecule has 0 saturated heterocycles. The zero-order valence-electron chi connectivity index (χ0n) is 21.5. The van der Waals surface area contributed by atoms with E-state index in [1.165, 1.54) is 0 Å². The molecule has 7 nitrogen and oxygen atoms in total. The van der Waals surface area contributed by atoms with Crippen molar-refractivity contribution in [1.82, 2.24) is 10.6 Å². The first kappa shape index (κ1) is 29.5. The van der Waals surface area contributed by atoms with Crippen LogP contribution in [0.3, 0.4) is 0 Å². The summed E-state index contributed by atoms with van der Waals surface area (Å²) in [6.45, 7) is 8.91. The molecule has 0 spiro atoms. The Morgan fingerprint density at radius 3 is 2.11 bits per heavy atom. The van der Waals surface area contributed by atoms with Crippen LogP contribution in [0.15, 0.2) is 86.0 Å². The molecule has 3 N–H and O–H groups in total. The van der Waals surface area contributed by atoms with Gasteiger partial charge in [0.2, 0.25) is 11.8 Å². The first-order valence-corrected chi connectivity index (χ1v) is 12.6. The number of hydrogen-bond acceptors (Lipinski definition) is 5. The lowest BCUT2D eigenvalue weighted by molar-refractivity contribution is -0.150. The Hall–Kier alpha value is -3.71. The molecule has 0 fully saturated rings. The lowest BCUT2D eigenvalue weighted by Crippen LogP contribution is -2.41. The predicted octanol–water partition coefficient (Wildman–Crippen LogP) is 3.90. The second-order valence-corrected chi connectivity index (χ2v) is 9.09. The van der Waals surface area contributed by atoms with E-state index in [1.807, 2.05) is 60.7 Å². The zero-order chi connectivity index (χ0) is 27.0. The van der Waals surface area contributed by atoms with Crippen molar-refractivity contribution in [1.29, 1.82) is 0 Å². The van der Waals surface area contributed by atoms with Crippen molar-refractivity contribution in [2.75, 3.05) is 13.2 Å². The molecule has 0 aromatic heterocycles. The summed E-state index contributed by atoms with van der Waals surface area (Å²) < 4.78 is 5.71. The molecule has 7 heteroatoms. The van der Waals surface area contributed by atoms with Gasteiger partial charge in [0.25, 0.3) is 0 Å². The number of amides is 2. The molecule has 0 aliphatic rings. The number of nitrogens with one attached hydrogen (secondary N) is 2. The number of carbonyl (C=O) groups is 3. The van der Waals surface area contributed by atoms with E-state index >= 15 is 0 Å². The largest absolute Gasteiger partial charge is 0.463 e. The number of hydrogen-bond donors (Lipinski definition) is 3. The average Bonchev–Trinajstić information content (AvgIpc) is 2.91. The zero-order valence-corrected chi connectivity index (χ0v) is 21.5. The fraction of sp³-hybridized carbons (Fsp3) is 0.367. The average molecular weight is 507 g/mol. The molecular weight excluding hydrogens is 468 g/mol. The summed E-state index contributed by atoms with van der Waals surface area (Å²) >= 11 is 0. The second kappa shape index (κ2) is 16.1. The van der Waals surface area contributed by atoms with Crippen LogP contribution in [0.1, 0.15) is 43.4 Å². The molecule has 4 atom stereocenters. The van der Waals surface area contributed by atoms with Crippen molar-refractivity contribution in [3.63, 3.8) is 0 Å². The van der Waals surface area contributed by atoms with Crippen molar-refractivity contribution in [2.45, 2.75) is 44.7 Å². The quantitative estimate of drug-likeness (QED) is 0.237. The molecule has 0 bridgehead atoms. The predicted molar refractivity (Wildman–Crippen MR) is 144 cm³/mol. The Balaban J connectivity index is 2.11. The summed E-state index contributed by atoms with van der Waals surface area (Å²) in [6.07, 6.45) is 4.53. The summed E-state index contributed by atoms with van der Waals surface area (Å²) in [7, 11) is 0. The Bertz CT molecular complexity index is 1010. The number of benzene rings is 2. The molecule has 0 aliphatic heterocycles. The number of carbonyl (C=O) groups excluding carboxylic acids is 3. The van der Waals surface area contributed by atoms with Crippen LogP contribution in [0.4, 0.5) is 0 Å². The van der Waals surface area contributed by atoms with Crippen molar-refractivity contribution in [3.8, 4) is 0 Å². The molecule has 198 valence electrons. The monoisotopic (exact) mass is 506 g/mol. The highest BCUT2D eigenvalue weighted by molar-refractivity contribution is 5.86. The summed E-state index contributed by atoms with van der Waals surface area (Å²) in [5, 5.41) is 14.8. The van der Waals surface area contributed by atoms with Crippen molar-refractivity contribution in [3.05, 3.63) is 97.1 Å². The van der Waals surface area contributed by atoms with E-state index < -0.39 is 23.9 Å². The number of aliphatic hydroxyl groups is 1. The molecule has 2 amide bonds. The number of rotatable bonds is 16. The van der Waals surface area contributed by atoms with Gasteiger partial charge in [0.05, 0.1) is 24.5 Å². The summed E-state index contributed by atoms with van der Waals surface area (Å²) in [4.78, 5) is 38.5. The lowest BCUT2D eigenvalue weighted by Gasteiger charge is -2.24. The maximum absolute atomic E-state index is 13.2. The molecule has 0 aliphatic carbocycles. The van der Waals surface area contributed by atoms with Gasteiger partial charge < -0.3 is 20.5 Å². The van der Waals surface area contributed by atoms with Crippen LogP contribution in [-0.2, 0) is 25.5 Å². The van der Waals surface area contributed by atoms with Gasteiger partial charge in [0.15, 0.2) is 0 Å². The minimum Gasteiger partial charge on any atom is -0.463 e. The van der Waals surface area contributed by atoms with Gasteiger partial charge >= 0.3 is 5.97 Å². The lowest BCUT2D eigenvalue weighted by atomic mass is 9.96.